The van der Waals surface area contributed by atoms with Crippen molar-refractivity contribution in [3.8, 4) is 0 Å². The molecule has 1 amide bonds. The van der Waals surface area contributed by atoms with Gasteiger partial charge in [-0.3, -0.25) is 10.2 Å². The van der Waals surface area contributed by atoms with Crippen molar-refractivity contribution in [2.24, 2.45) is 5.84 Å². The van der Waals surface area contributed by atoms with Gasteiger partial charge in [0.15, 0.2) is 0 Å². The highest BCUT2D eigenvalue weighted by molar-refractivity contribution is 5.75. The van der Waals surface area contributed by atoms with Crippen molar-refractivity contribution in [2.75, 3.05) is 6.61 Å². The van der Waals surface area contributed by atoms with Crippen LogP contribution in [-0.2, 0) is 9.53 Å². The van der Waals surface area contributed by atoms with Gasteiger partial charge in [0.2, 0.25) is 5.91 Å². The normalized spacial score (nSPS) is 24.8. The van der Waals surface area contributed by atoms with E-state index in [-0.39, 0.29) is 12.0 Å². The molecule has 1 heterocycles. The number of carbonyl (C=O) groups is 1. The van der Waals surface area contributed by atoms with Crippen LogP contribution >= 0.6 is 0 Å². The van der Waals surface area contributed by atoms with Gasteiger partial charge in [0.1, 0.15) is 0 Å². The van der Waals surface area contributed by atoms with E-state index in [1.807, 2.05) is 5.43 Å². The van der Waals surface area contributed by atoms with Crippen LogP contribution in [0.5, 0.6) is 0 Å². The van der Waals surface area contributed by atoms with Crippen LogP contribution in [-0.4, -0.2) is 18.6 Å². The molecule has 52 valence electrons. The van der Waals surface area contributed by atoms with Gasteiger partial charge in [-0.25, -0.2) is 5.84 Å². The third-order valence-corrected chi connectivity index (χ3v) is 1.37. The molecule has 0 spiro atoms. The summed E-state index contributed by atoms with van der Waals surface area (Å²) in [5, 5.41) is 0. The molecule has 1 aliphatic rings. The van der Waals surface area contributed by atoms with E-state index in [2.05, 4.69) is 0 Å². The van der Waals surface area contributed by atoms with Crippen LogP contribution < -0.4 is 11.3 Å². The van der Waals surface area contributed by atoms with Crippen LogP contribution in [0.3, 0.4) is 0 Å². The zero-order valence-electron chi connectivity index (χ0n) is 5.09. The molecule has 1 rings (SSSR count). The van der Waals surface area contributed by atoms with Crippen molar-refractivity contribution in [3.05, 3.63) is 0 Å². The Kier molecular flexibility index (Phi) is 2.02. The summed E-state index contributed by atoms with van der Waals surface area (Å²) >= 11 is 0. The molecule has 1 fully saturated rings. The van der Waals surface area contributed by atoms with Crippen molar-refractivity contribution in [2.45, 2.75) is 18.9 Å². The number of hydrogen-bond acceptors (Lipinski definition) is 3. The monoisotopic (exact) mass is 130 g/mol. The summed E-state index contributed by atoms with van der Waals surface area (Å²) < 4.78 is 4.99. The van der Waals surface area contributed by atoms with E-state index in [0.717, 1.165) is 13.0 Å². The average Bonchev–Trinajstić information content (AvgIpc) is 1.78. The SMILES string of the molecule is NNC(=O)CC1CCO1. The molecule has 1 atom stereocenters. The van der Waals surface area contributed by atoms with E-state index >= 15 is 0 Å². The number of amides is 1. The summed E-state index contributed by atoms with van der Waals surface area (Å²) in [5.41, 5.74) is 2.05. The van der Waals surface area contributed by atoms with Gasteiger partial charge in [-0.05, 0) is 6.42 Å². The molecule has 1 saturated heterocycles. The minimum Gasteiger partial charge on any atom is -0.377 e. The third-order valence-electron chi connectivity index (χ3n) is 1.37. The lowest BCUT2D eigenvalue weighted by atomic mass is 10.1. The van der Waals surface area contributed by atoms with Crippen LogP contribution in [0.15, 0.2) is 0 Å². The molecule has 1 aliphatic heterocycles. The van der Waals surface area contributed by atoms with Crippen LogP contribution in [0.25, 0.3) is 0 Å². The largest absolute Gasteiger partial charge is 0.377 e. The second-order valence-electron chi connectivity index (χ2n) is 2.05. The maximum atomic E-state index is 10.5. The van der Waals surface area contributed by atoms with E-state index in [9.17, 15) is 4.79 Å². The van der Waals surface area contributed by atoms with Crippen LogP contribution in [0.4, 0.5) is 0 Å². The number of ether oxygens (including phenoxy) is 1. The predicted molar refractivity (Wildman–Crippen MR) is 31.3 cm³/mol. The molecule has 0 aromatic heterocycles. The first-order valence-corrected chi connectivity index (χ1v) is 2.94. The van der Waals surface area contributed by atoms with Crippen molar-refractivity contribution in [1.82, 2.24) is 5.43 Å². The summed E-state index contributed by atoms with van der Waals surface area (Å²) in [4.78, 5) is 10.5. The Morgan fingerprint density at radius 3 is 2.89 bits per heavy atom. The summed E-state index contributed by atoms with van der Waals surface area (Å²) in [5.74, 6) is 4.69. The second kappa shape index (κ2) is 2.80. The number of rotatable bonds is 2. The summed E-state index contributed by atoms with van der Waals surface area (Å²) in [6.45, 7) is 0.780. The smallest absolute Gasteiger partial charge is 0.236 e. The molecule has 4 nitrogen and oxygen atoms in total. The van der Waals surface area contributed by atoms with E-state index in [4.69, 9.17) is 10.6 Å². The van der Waals surface area contributed by atoms with Crippen molar-refractivity contribution < 1.29 is 9.53 Å². The quantitative estimate of drug-likeness (QED) is 0.291. The first-order valence-electron chi connectivity index (χ1n) is 2.94. The summed E-state index contributed by atoms with van der Waals surface area (Å²) in [6.07, 6.45) is 1.50. The standard InChI is InChI=1S/C5H10N2O2/c6-7-5(8)3-4-1-2-9-4/h4H,1-3,6H2,(H,7,8). The minimum atomic E-state index is -0.153. The molecule has 1 unspecified atom stereocenters. The summed E-state index contributed by atoms with van der Waals surface area (Å²) in [6, 6.07) is 0. The number of hydrazine groups is 1. The fourth-order valence-corrected chi connectivity index (χ4v) is 0.711. The van der Waals surface area contributed by atoms with Gasteiger partial charge >= 0.3 is 0 Å². The lowest BCUT2D eigenvalue weighted by molar-refractivity contribution is -0.128. The zero-order valence-corrected chi connectivity index (χ0v) is 5.09. The van der Waals surface area contributed by atoms with Gasteiger partial charge < -0.3 is 4.74 Å². The highest BCUT2D eigenvalue weighted by atomic mass is 16.5. The number of nitrogens with two attached hydrogens (primary N) is 1. The highest BCUT2D eigenvalue weighted by Crippen LogP contribution is 2.13. The molecule has 0 saturated carbocycles. The van der Waals surface area contributed by atoms with E-state index in [1.165, 1.54) is 0 Å². The average molecular weight is 130 g/mol. The maximum absolute atomic E-state index is 10.5. The van der Waals surface area contributed by atoms with E-state index in [1.54, 1.807) is 0 Å². The maximum Gasteiger partial charge on any atom is 0.236 e. The fourth-order valence-electron chi connectivity index (χ4n) is 0.711. The van der Waals surface area contributed by atoms with Crippen molar-refractivity contribution in [3.63, 3.8) is 0 Å². The van der Waals surface area contributed by atoms with Gasteiger partial charge in [0.05, 0.1) is 12.5 Å². The molecule has 0 aliphatic carbocycles. The topological polar surface area (TPSA) is 64.3 Å². The first-order chi connectivity index (χ1) is 4.33. The van der Waals surface area contributed by atoms with Gasteiger partial charge in [-0.15, -0.1) is 0 Å². The molecule has 9 heavy (non-hydrogen) atoms. The molecule has 0 aromatic carbocycles. The Labute approximate surface area is 53.3 Å². The molecule has 0 radical (unpaired) electrons. The Morgan fingerprint density at radius 2 is 2.56 bits per heavy atom. The lowest BCUT2D eigenvalue weighted by Gasteiger charge is -2.25. The molecule has 3 N–H and O–H groups in total. The first kappa shape index (κ1) is 6.51. The Bertz CT molecular complexity index is 112. The lowest BCUT2D eigenvalue weighted by Crippen LogP contribution is -2.37. The Morgan fingerprint density at radius 1 is 1.89 bits per heavy atom. The van der Waals surface area contributed by atoms with E-state index in [0.29, 0.717) is 6.42 Å². The summed E-state index contributed by atoms with van der Waals surface area (Å²) in [7, 11) is 0. The van der Waals surface area contributed by atoms with Gasteiger partial charge in [-0.2, -0.15) is 0 Å². The zero-order chi connectivity index (χ0) is 6.69. The van der Waals surface area contributed by atoms with Gasteiger partial charge in [0, 0.05) is 6.61 Å². The molecular formula is C5H10N2O2. The van der Waals surface area contributed by atoms with E-state index < -0.39 is 0 Å². The van der Waals surface area contributed by atoms with Gasteiger partial charge in [0.25, 0.3) is 0 Å². The number of hydrogen-bond donors (Lipinski definition) is 2. The molecular weight excluding hydrogens is 120 g/mol. The van der Waals surface area contributed by atoms with Crippen molar-refractivity contribution in [1.29, 1.82) is 0 Å². The molecule has 4 heteroatoms. The minimum absolute atomic E-state index is 0.119. The number of carbonyl (C=O) groups excluding carboxylic acids is 1. The predicted octanol–water partition coefficient (Wildman–Crippen LogP) is -0.845. The highest BCUT2D eigenvalue weighted by Gasteiger charge is 2.20. The fraction of sp³-hybridized carbons (Fsp3) is 0.800. The number of nitrogens with one attached hydrogen (secondary N) is 1. The van der Waals surface area contributed by atoms with Gasteiger partial charge in [-0.1, -0.05) is 0 Å². The molecule has 0 aromatic rings. The Balaban J connectivity index is 2.09. The Hall–Kier alpha value is -0.610. The second-order valence-corrected chi connectivity index (χ2v) is 2.05. The van der Waals surface area contributed by atoms with Crippen LogP contribution in [0.2, 0.25) is 0 Å². The van der Waals surface area contributed by atoms with Crippen LogP contribution in [0, 0.1) is 0 Å². The van der Waals surface area contributed by atoms with Crippen molar-refractivity contribution >= 4 is 5.91 Å². The van der Waals surface area contributed by atoms with Crippen LogP contribution in [0.1, 0.15) is 12.8 Å². The molecule has 0 bridgehead atoms. The third kappa shape index (κ3) is 1.65.